The molecule has 12 heavy (non-hydrogen) atoms. The summed E-state index contributed by atoms with van der Waals surface area (Å²) < 4.78 is 0. The summed E-state index contributed by atoms with van der Waals surface area (Å²) in [6.07, 6.45) is 1.46. The van der Waals surface area contributed by atoms with Gasteiger partial charge in [-0.2, -0.15) is 0 Å². The zero-order valence-corrected chi connectivity index (χ0v) is 7.81. The number of piperidine rings is 1. The van der Waals surface area contributed by atoms with Crippen molar-refractivity contribution in [3.63, 3.8) is 0 Å². The minimum Gasteiger partial charge on any atom is -0.296 e. The van der Waals surface area contributed by atoms with E-state index in [1.54, 1.807) is 0 Å². The van der Waals surface area contributed by atoms with E-state index < -0.39 is 0 Å². The Kier molecular flexibility index (Phi) is 2.22. The van der Waals surface area contributed by atoms with E-state index in [1.807, 2.05) is 20.8 Å². The molecule has 0 radical (unpaired) electrons. The van der Waals surface area contributed by atoms with E-state index >= 15 is 0 Å². The molecule has 0 spiro atoms. The first-order valence-electron chi connectivity index (χ1n) is 4.35. The van der Waals surface area contributed by atoms with Crippen molar-refractivity contribution < 1.29 is 9.59 Å². The van der Waals surface area contributed by atoms with Crippen molar-refractivity contribution in [1.29, 1.82) is 0 Å². The Morgan fingerprint density at radius 3 is 2.67 bits per heavy atom. The lowest BCUT2D eigenvalue weighted by Crippen LogP contribution is -2.50. The number of amides is 2. The van der Waals surface area contributed by atoms with Gasteiger partial charge in [-0.3, -0.25) is 14.9 Å². The second-order valence-electron chi connectivity index (χ2n) is 3.84. The molecular formula is C9H15NO2. The summed E-state index contributed by atoms with van der Waals surface area (Å²) in [5.74, 6) is -0.285. The molecule has 0 bridgehead atoms. The molecule has 1 rings (SSSR count). The molecule has 1 saturated heterocycles. The van der Waals surface area contributed by atoms with Crippen molar-refractivity contribution in [3.8, 4) is 0 Å². The fourth-order valence-electron chi connectivity index (χ4n) is 1.55. The van der Waals surface area contributed by atoms with Crippen LogP contribution < -0.4 is 5.32 Å². The Balaban J connectivity index is 2.81. The quantitative estimate of drug-likeness (QED) is 0.597. The summed E-state index contributed by atoms with van der Waals surface area (Å²) in [7, 11) is 0. The minimum atomic E-state index is -0.340. The molecule has 1 fully saturated rings. The van der Waals surface area contributed by atoms with Crippen LogP contribution in [0.5, 0.6) is 0 Å². The zero-order valence-electron chi connectivity index (χ0n) is 7.81. The molecule has 0 aromatic rings. The molecule has 1 aliphatic rings. The Hall–Kier alpha value is -0.860. The van der Waals surface area contributed by atoms with Gasteiger partial charge < -0.3 is 0 Å². The van der Waals surface area contributed by atoms with Crippen LogP contribution in [0.15, 0.2) is 0 Å². The van der Waals surface area contributed by atoms with Gasteiger partial charge in [-0.15, -0.1) is 0 Å². The first-order chi connectivity index (χ1) is 5.49. The standard InChI is InChI=1S/C9H15NO2/c1-4-9(3)5-6(2)7(11)10-8(9)12/h6H,4-5H2,1-3H3,(H,10,11,12). The average molecular weight is 169 g/mol. The van der Waals surface area contributed by atoms with Crippen molar-refractivity contribution in [2.24, 2.45) is 11.3 Å². The maximum atomic E-state index is 11.4. The largest absolute Gasteiger partial charge is 0.296 e. The highest BCUT2D eigenvalue weighted by molar-refractivity contribution is 6.01. The molecule has 0 aromatic carbocycles. The van der Waals surface area contributed by atoms with Crippen LogP contribution in [0.2, 0.25) is 0 Å². The molecule has 3 heteroatoms. The fraction of sp³-hybridized carbons (Fsp3) is 0.778. The van der Waals surface area contributed by atoms with Gasteiger partial charge in [0.15, 0.2) is 0 Å². The molecule has 1 aliphatic heterocycles. The Labute approximate surface area is 72.5 Å². The monoisotopic (exact) mass is 169 g/mol. The fourth-order valence-corrected chi connectivity index (χ4v) is 1.55. The average Bonchev–Trinajstić information content (AvgIpc) is 2.01. The summed E-state index contributed by atoms with van der Waals surface area (Å²) in [4.78, 5) is 22.4. The van der Waals surface area contributed by atoms with Gasteiger partial charge in [0.25, 0.3) is 0 Å². The lowest BCUT2D eigenvalue weighted by atomic mass is 9.75. The van der Waals surface area contributed by atoms with E-state index in [0.29, 0.717) is 6.42 Å². The first kappa shape index (κ1) is 9.23. The molecule has 1 heterocycles. The van der Waals surface area contributed by atoms with E-state index in [4.69, 9.17) is 0 Å². The molecule has 2 unspecified atom stereocenters. The molecule has 68 valence electrons. The van der Waals surface area contributed by atoms with Crippen LogP contribution in [0, 0.1) is 11.3 Å². The molecule has 0 aliphatic carbocycles. The van der Waals surface area contributed by atoms with Gasteiger partial charge in [0.1, 0.15) is 0 Å². The number of carbonyl (C=O) groups excluding carboxylic acids is 2. The van der Waals surface area contributed by atoms with Crippen molar-refractivity contribution in [2.45, 2.75) is 33.6 Å². The number of nitrogens with one attached hydrogen (secondary N) is 1. The van der Waals surface area contributed by atoms with Crippen molar-refractivity contribution >= 4 is 11.8 Å². The number of rotatable bonds is 1. The lowest BCUT2D eigenvalue weighted by molar-refractivity contribution is -0.144. The number of imide groups is 1. The number of hydrogen-bond acceptors (Lipinski definition) is 2. The van der Waals surface area contributed by atoms with Crippen LogP contribution in [0.1, 0.15) is 33.6 Å². The lowest BCUT2D eigenvalue weighted by Gasteiger charge is -2.33. The normalized spacial score (nSPS) is 36.4. The maximum absolute atomic E-state index is 11.4. The van der Waals surface area contributed by atoms with Gasteiger partial charge in [0, 0.05) is 11.3 Å². The second-order valence-corrected chi connectivity index (χ2v) is 3.84. The third-order valence-corrected chi connectivity index (χ3v) is 2.77. The Morgan fingerprint density at radius 1 is 1.58 bits per heavy atom. The van der Waals surface area contributed by atoms with Crippen molar-refractivity contribution in [1.82, 2.24) is 5.32 Å². The van der Waals surface area contributed by atoms with E-state index in [9.17, 15) is 9.59 Å². The number of hydrogen-bond donors (Lipinski definition) is 1. The summed E-state index contributed by atoms with van der Waals surface area (Å²) in [6.45, 7) is 5.74. The third kappa shape index (κ3) is 1.36. The van der Waals surface area contributed by atoms with Crippen molar-refractivity contribution in [2.75, 3.05) is 0 Å². The van der Waals surface area contributed by atoms with Gasteiger partial charge in [-0.05, 0) is 12.8 Å². The topological polar surface area (TPSA) is 46.2 Å². The van der Waals surface area contributed by atoms with Crippen LogP contribution in [-0.4, -0.2) is 11.8 Å². The van der Waals surface area contributed by atoms with E-state index in [1.165, 1.54) is 0 Å². The molecule has 0 aromatic heterocycles. The van der Waals surface area contributed by atoms with Crippen LogP contribution >= 0.6 is 0 Å². The minimum absolute atomic E-state index is 0.0346. The van der Waals surface area contributed by atoms with E-state index in [2.05, 4.69) is 5.32 Å². The second kappa shape index (κ2) is 2.88. The highest BCUT2D eigenvalue weighted by Gasteiger charge is 2.40. The van der Waals surface area contributed by atoms with Gasteiger partial charge in [-0.25, -0.2) is 0 Å². The number of carbonyl (C=O) groups is 2. The maximum Gasteiger partial charge on any atom is 0.232 e. The smallest absolute Gasteiger partial charge is 0.232 e. The Bertz CT molecular complexity index is 225. The molecule has 2 atom stereocenters. The molecule has 3 nitrogen and oxygen atoms in total. The van der Waals surface area contributed by atoms with Gasteiger partial charge in [0.05, 0.1) is 0 Å². The van der Waals surface area contributed by atoms with Gasteiger partial charge in [0.2, 0.25) is 11.8 Å². The third-order valence-electron chi connectivity index (χ3n) is 2.77. The SMILES string of the molecule is CCC1(C)CC(C)C(=O)NC1=O. The molecule has 1 N–H and O–H groups in total. The highest BCUT2D eigenvalue weighted by Crippen LogP contribution is 2.33. The molecular weight excluding hydrogens is 154 g/mol. The highest BCUT2D eigenvalue weighted by atomic mass is 16.2. The molecule has 0 saturated carbocycles. The zero-order chi connectivity index (χ0) is 9.35. The van der Waals surface area contributed by atoms with Crippen LogP contribution in [-0.2, 0) is 9.59 Å². The van der Waals surface area contributed by atoms with E-state index in [0.717, 1.165) is 6.42 Å². The van der Waals surface area contributed by atoms with Gasteiger partial charge in [-0.1, -0.05) is 20.8 Å². The summed E-state index contributed by atoms with van der Waals surface area (Å²) in [6, 6.07) is 0. The Morgan fingerprint density at radius 2 is 2.17 bits per heavy atom. The summed E-state index contributed by atoms with van der Waals surface area (Å²) in [5.41, 5.74) is -0.340. The van der Waals surface area contributed by atoms with Crippen molar-refractivity contribution in [3.05, 3.63) is 0 Å². The molecule has 2 amide bonds. The van der Waals surface area contributed by atoms with Crippen LogP contribution in [0.4, 0.5) is 0 Å². The summed E-state index contributed by atoms with van der Waals surface area (Å²) in [5, 5.41) is 2.39. The van der Waals surface area contributed by atoms with Gasteiger partial charge >= 0.3 is 0 Å². The van der Waals surface area contributed by atoms with Crippen LogP contribution in [0.3, 0.4) is 0 Å². The summed E-state index contributed by atoms with van der Waals surface area (Å²) >= 11 is 0. The predicted molar refractivity (Wildman–Crippen MR) is 45.3 cm³/mol. The van der Waals surface area contributed by atoms with E-state index in [-0.39, 0.29) is 23.1 Å². The van der Waals surface area contributed by atoms with Crippen LogP contribution in [0.25, 0.3) is 0 Å². The first-order valence-corrected chi connectivity index (χ1v) is 4.35. The predicted octanol–water partition coefficient (Wildman–Crippen LogP) is 1.09.